The van der Waals surface area contributed by atoms with Crippen molar-refractivity contribution in [1.29, 1.82) is 0 Å². The Kier molecular flexibility index (Phi) is 10.1. The lowest BCUT2D eigenvalue weighted by atomic mass is 10.1. The van der Waals surface area contributed by atoms with Crippen LogP contribution in [0.15, 0.2) is 47.5 Å². The molecule has 2 rings (SSSR count). The largest absolute Gasteiger partial charge is 0.354 e. The minimum atomic E-state index is 0. The number of nitrogens with zero attached hydrogens (tertiary/aromatic N) is 2. The minimum Gasteiger partial charge on any atom is -0.354 e. The van der Waals surface area contributed by atoms with Gasteiger partial charge in [-0.1, -0.05) is 37.3 Å². The average Bonchev–Trinajstić information content (AvgIpc) is 3.06. The maximum atomic E-state index is 4.34. The first-order valence-electron chi connectivity index (χ1n) is 8.37. The van der Waals surface area contributed by atoms with Crippen LogP contribution in [-0.4, -0.2) is 38.5 Å². The van der Waals surface area contributed by atoms with E-state index in [0.29, 0.717) is 6.04 Å². The van der Waals surface area contributed by atoms with Crippen LogP contribution in [0.1, 0.15) is 28.3 Å². The van der Waals surface area contributed by atoms with E-state index in [-0.39, 0.29) is 24.0 Å². The van der Waals surface area contributed by atoms with Gasteiger partial charge in [-0.15, -0.1) is 35.3 Å². The average molecular weight is 472 g/mol. The number of aryl methyl sites for hydroxylation is 1. The van der Waals surface area contributed by atoms with Gasteiger partial charge in [0.25, 0.3) is 0 Å². The standard InChI is InChI=1S/C19H28N4S.HI/c1-5-16-11-12-17(24-16)13-21-19(20-2)22-14-18(23(3)4)15-9-7-6-8-10-15;/h6-12,18H,5,13-14H2,1-4H3,(H2,20,21,22);1H. The lowest BCUT2D eigenvalue weighted by Gasteiger charge is -2.26. The summed E-state index contributed by atoms with van der Waals surface area (Å²) < 4.78 is 0. The fourth-order valence-electron chi connectivity index (χ4n) is 2.57. The van der Waals surface area contributed by atoms with E-state index in [9.17, 15) is 0 Å². The molecule has 1 unspecified atom stereocenters. The Bertz CT molecular complexity index is 640. The van der Waals surface area contributed by atoms with Crippen molar-refractivity contribution in [3.8, 4) is 0 Å². The van der Waals surface area contributed by atoms with Crippen LogP contribution in [0.2, 0.25) is 0 Å². The van der Waals surface area contributed by atoms with Crippen molar-refractivity contribution < 1.29 is 0 Å². The second kappa shape index (κ2) is 11.5. The molecule has 0 amide bonds. The smallest absolute Gasteiger partial charge is 0.191 e. The zero-order valence-electron chi connectivity index (χ0n) is 15.5. The fraction of sp³-hybridized carbons (Fsp3) is 0.421. The molecule has 1 heterocycles. The Morgan fingerprint density at radius 1 is 1.08 bits per heavy atom. The van der Waals surface area contributed by atoms with Gasteiger partial charge in [0.05, 0.1) is 12.6 Å². The van der Waals surface area contributed by atoms with Gasteiger partial charge < -0.3 is 15.5 Å². The Balaban J connectivity index is 0.00000312. The number of nitrogens with one attached hydrogen (secondary N) is 2. The molecule has 0 saturated carbocycles. The number of likely N-dealkylation sites (N-methyl/N-ethyl adjacent to an activating group) is 1. The van der Waals surface area contributed by atoms with Crippen molar-refractivity contribution in [1.82, 2.24) is 15.5 Å². The van der Waals surface area contributed by atoms with Gasteiger partial charge in [0.1, 0.15) is 0 Å². The Labute approximate surface area is 172 Å². The SMILES string of the molecule is CCc1ccc(CNC(=NC)NCC(c2ccccc2)N(C)C)s1.I. The number of aliphatic imine (C=N–C) groups is 1. The summed E-state index contributed by atoms with van der Waals surface area (Å²) in [6.07, 6.45) is 1.10. The van der Waals surface area contributed by atoms with Gasteiger partial charge in [0, 0.05) is 23.3 Å². The van der Waals surface area contributed by atoms with E-state index < -0.39 is 0 Å². The molecule has 6 heteroatoms. The molecule has 0 aliphatic rings. The summed E-state index contributed by atoms with van der Waals surface area (Å²) in [5, 5.41) is 6.84. The number of rotatable bonds is 7. The molecule has 2 aromatic rings. The zero-order valence-corrected chi connectivity index (χ0v) is 18.6. The van der Waals surface area contributed by atoms with Crippen LogP contribution in [0.25, 0.3) is 0 Å². The van der Waals surface area contributed by atoms with Crippen molar-refractivity contribution in [2.45, 2.75) is 25.9 Å². The maximum absolute atomic E-state index is 4.34. The van der Waals surface area contributed by atoms with Gasteiger partial charge in [-0.2, -0.15) is 0 Å². The first-order valence-corrected chi connectivity index (χ1v) is 9.19. The van der Waals surface area contributed by atoms with Gasteiger partial charge in [-0.3, -0.25) is 4.99 Å². The van der Waals surface area contributed by atoms with Gasteiger partial charge in [-0.25, -0.2) is 0 Å². The second-order valence-electron chi connectivity index (χ2n) is 5.92. The molecule has 1 aromatic heterocycles. The van der Waals surface area contributed by atoms with Crippen LogP contribution >= 0.6 is 35.3 Å². The van der Waals surface area contributed by atoms with Crippen LogP contribution in [0.5, 0.6) is 0 Å². The number of halogens is 1. The molecule has 0 spiro atoms. The summed E-state index contributed by atoms with van der Waals surface area (Å²) >= 11 is 1.86. The zero-order chi connectivity index (χ0) is 17.4. The molecule has 0 aliphatic heterocycles. The Hall–Kier alpha value is -1.12. The Morgan fingerprint density at radius 3 is 2.32 bits per heavy atom. The lowest BCUT2D eigenvalue weighted by Crippen LogP contribution is -2.41. The number of guanidine groups is 1. The highest BCUT2D eigenvalue weighted by Gasteiger charge is 2.14. The lowest BCUT2D eigenvalue weighted by molar-refractivity contribution is 0.298. The topological polar surface area (TPSA) is 39.7 Å². The van der Waals surface area contributed by atoms with Crippen molar-refractivity contribution in [2.75, 3.05) is 27.7 Å². The molecule has 25 heavy (non-hydrogen) atoms. The number of benzene rings is 1. The van der Waals surface area contributed by atoms with Crippen LogP contribution in [0, 0.1) is 0 Å². The highest BCUT2D eigenvalue weighted by Crippen LogP contribution is 2.17. The summed E-state index contributed by atoms with van der Waals surface area (Å²) in [4.78, 5) is 9.32. The predicted molar refractivity (Wildman–Crippen MR) is 120 cm³/mol. The van der Waals surface area contributed by atoms with Gasteiger partial charge in [0.15, 0.2) is 5.96 Å². The third-order valence-corrected chi connectivity index (χ3v) is 5.22. The molecule has 0 fully saturated rings. The molecule has 0 bridgehead atoms. The summed E-state index contributed by atoms with van der Waals surface area (Å²) in [5.41, 5.74) is 1.30. The van der Waals surface area contributed by atoms with Crippen molar-refractivity contribution in [3.63, 3.8) is 0 Å². The molecule has 1 atom stereocenters. The summed E-state index contributed by atoms with van der Waals surface area (Å²) in [7, 11) is 6.02. The van der Waals surface area contributed by atoms with Crippen LogP contribution in [0.4, 0.5) is 0 Å². The number of hydrogen-bond acceptors (Lipinski definition) is 3. The molecule has 4 nitrogen and oxygen atoms in total. The van der Waals surface area contributed by atoms with Gasteiger partial charge in [-0.05, 0) is 38.2 Å². The third kappa shape index (κ3) is 6.95. The normalized spacial score (nSPS) is 12.6. The molecular formula is C19H29IN4S. The molecule has 0 radical (unpaired) electrons. The highest BCUT2D eigenvalue weighted by atomic mass is 127. The molecular weight excluding hydrogens is 443 g/mol. The minimum absolute atomic E-state index is 0. The first kappa shape index (κ1) is 21.9. The quantitative estimate of drug-likeness (QED) is 0.365. The van der Waals surface area contributed by atoms with E-state index in [2.05, 4.69) is 84.0 Å². The molecule has 0 saturated heterocycles. The van der Waals surface area contributed by atoms with Gasteiger partial charge in [0.2, 0.25) is 0 Å². The molecule has 138 valence electrons. The van der Waals surface area contributed by atoms with E-state index in [1.165, 1.54) is 15.3 Å². The first-order chi connectivity index (χ1) is 11.6. The summed E-state index contributed by atoms with van der Waals surface area (Å²) in [5.74, 6) is 0.837. The maximum Gasteiger partial charge on any atom is 0.191 e. The summed E-state index contributed by atoms with van der Waals surface area (Å²) in [6.45, 7) is 3.80. The van der Waals surface area contributed by atoms with Gasteiger partial charge >= 0.3 is 0 Å². The van der Waals surface area contributed by atoms with Crippen molar-refractivity contribution >= 4 is 41.3 Å². The van der Waals surface area contributed by atoms with Crippen molar-refractivity contribution in [3.05, 3.63) is 57.8 Å². The fourth-order valence-corrected chi connectivity index (χ4v) is 3.46. The monoisotopic (exact) mass is 472 g/mol. The molecule has 2 N–H and O–H groups in total. The number of hydrogen-bond donors (Lipinski definition) is 2. The third-order valence-electron chi connectivity index (χ3n) is 3.99. The van der Waals surface area contributed by atoms with E-state index in [0.717, 1.165) is 25.5 Å². The molecule has 1 aromatic carbocycles. The highest BCUT2D eigenvalue weighted by molar-refractivity contribution is 14.0. The van der Waals surface area contributed by atoms with Crippen LogP contribution < -0.4 is 10.6 Å². The van der Waals surface area contributed by atoms with Crippen LogP contribution in [0.3, 0.4) is 0 Å². The van der Waals surface area contributed by atoms with E-state index in [1.54, 1.807) is 0 Å². The van der Waals surface area contributed by atoms with E-state index >= 15 is 0 Å². The Morgan fingerprint density at radius 2 is 1.76 bits per heavy atom. The van der Waals surface area contributed by atoms with Crippen molar-refractivity contribution in [2.24, 2.45) is 4.99 Å². The molecule has 0 aliphatic carbocycles. The number of thiophene rings is 1. The second-order valence-corrected chi connectivity index (χ2v) is 7.17. The van der Waals surface area contributed by atoms with E-state index in [1.807, 2.05) is 18.4 Å². The van der Waals surface area contributed by atoms with Crippen LogP contribution in [-0.2, 0) is 13.0 Å². The predicted octanol–water partition coefficient (Wildman–Crippen LogP) is 3.90. The van der Waals surface area contributed by atoms with E-state index in [4.69, 9.17) is 0 Å². The summed E-state index contributed by atoms with van der Waals surface area (Å²) in [6, 6.07) is 15.3.